The lowest BCUT2D eigenvalue weighted by molar-refractivity contribution is -0.123. The molecule has 1 saturated heterocycles. The van der Waals surface area contributed by atoms with E-state index in [1.165, 1.54) is 6.07 Å². The summed E-state index contributed by atoms with van der Waals surface area (Å²) in [6, 6.07) is 16.2. The fourth-order valence-electron chi connectivity index (χ4n) is 3.44. The summed E-state index contributed by atoms with van der Waals surface area (Å²) in [6.45, 7) is 4.20. The highest BCUT2D eigenvalue weighted by atomic mass is 16.5. The van der Waals surface area contributed by atoms with Gasteiger partial charge in [0.2, 0.25) is 0 Å². The van der Waals surface area contributed by atoms with Gasteiger partial charge in [-0.15, -0.1) is 0 Å². The molecular formula is C23H24N2O5. The fourth-order valence-corrected chi connectivity index (χ4v) is 3.44. The van der Waals surface area contributed by atoms with Gasteiger partial charge in [-0.1, -0.05) is 36.4 Å². The van der Waals surface area contributed by atoms with Crippen molar-refractivity contribution in [1.82, 2.24) is 5.32 Å². The maximum atomic E-state index is 12.6. The van der Waals surface area contributed by atoms with Gasteiger partial charge in [-0.25, -0.2) is 0 Å². The first-order valence-corrected chi connectivity index (χ1v) is 9.98. The van der Waals surface area contributed by atoms with Crippen LogP contribution in [0.15, 0.2) is 63.8 Å². The summed E-state index contributed by atoms with van der Waals surface area (Å²) < 4.78 is 17.1. The Bertz CT molecular complexity index is 1070. The van der Waals surface area contributed by atoms with Crippen LogP contribution in [-0.4, -0.2) is 38.8 Å². The molecule has 3 aromatic rings. The summed E-state index contributed by atoms with van der Waals surface area (Å²) in [5.41, 5.74) is 1.21. The third-order valence-electron chi connectivity index (χ3n) is 5.06. The Morgan fingerprint density at radius 2 is 1.90 bits per heavy atom. The lowest BCUT2D eigenvalue weighted by Gasteiger charge is -2.27. The van der Waals surface area contributed by atoms with E-state index in [2.05, 4.69) is 5.32 Å². The number of hydrogen-bond acceptors (Lipinski definition) is 6. The second-order valence-electron chi connectivity index (χ2n) is 7.17. The molecule has 0 aliphatic carbocycles. The van der Waals surface area contributed by atoms with Gasteiger partial charge in [0.15, 0.2) is 29.3 Å². The lowest BCUT2D eigenvalue weighted by Crippen LogP contribution is -2.36. The largest absolute Gasteiger partial charge is 0.480 e. The van der Waals surface area contributed by atoms with Gasteiger partial charge in [-0.05, 0) is 24.6 Å². The minimum Gasteiger partial charge on any atom is -0.480 e. The molecule has 1 aliphatic heterocycles. The highest BCUT2D eigenvalue weighted by Crippen LogP contribution is 2.28. The Kier molecular flexibility index (Phi) is 5.99. The molecule has 1 atom stereocenters. The van der Waals surface area contributed by atoms with E-state index in [-0.39, 0.29) is 24.0 Å². The third kappa shape index (κ3) is 4.46. The van der Waals surface area contributed by atoms with Crippen LogP contribution in [0.25, 0.3) is 11.0 Å². The van der Waals surface area contributed by atoms with E-state index in [0.717, 1.165) is 5.56 Å². The van der Waals surface area contributed by atoms with Crippen molar-refractivity contribution in [2.45, 2.75) is 13.0 Å². The quantitative estimate of drug-likeness (QED) is 0.676. The van der Waals surface area contributed by atoms with E-state index in [1.807, 2.05) is 42.2 Å². The van der Waals surface area contributed by atoms with Crippen molar-refractivity contribution in [2.24, 2.45) is 0 Å². The van der Waals surface area contributed by atoms with Gasteiger partial charge >= 0.3 is 0 Å². The number of rotatable bonds is 6. The summed E-state index contributed by atoms with van der Waals surface area (Å²) in [5.74, 6) is 0.589. The first-order chi connectivity index (χ1) is 14.6. The molecule has 2 aromatic carbocycles. The second kappa shape index (κ2) is 9.00. The van der Waals surface area contributed by atoms with E-state index in [9.17, 15) is 9.59 Å². The highest BCUT2D eigenvalue weighted by Gasteiger charge is 2.18. The van der Waals surface area contributed by atoms with E-state index in [1.54, 1.807) is 18.2 Å². The normalized spacial score (nSPS) is 15.0. The number of carbonyl (C=O) groups excluding carboxylic acids is 1. The zero-order valence-corrected chi connectivity index (χ0v) is 16.8. The number of para-hydroxylation sites is 1. The Morgan fingerprint density at radius 3 is 2.67 bits per heavy atom. The number of nitrogens with one attached hydrogen (secondary N) is 1. The van der Waals surface area contributed by atoms with Crippen LogP contribution in [0, 0.1) is 0 Å². The minimum atomic E-state index is -0.255. The van der Waals surface area contributed by atoms with Gasteiger partial charge in [0.25, 0.3) is 5.91 Å². The van der Waals surface area contributed by atoms with Crippen LogP contribution in [0.1, 0.15) is 18.5 Å². The van der Waals surface area contributed by atoms with E-state index < -0.39 is 0 Å². The number of carbonyl (C=O) groups is 1. The van der Waals surface area contributed by atoms with Gasteiger partial charge in [-0.2, -0.15) is 0 Å². The van der Waals surface area contributed by atoms with Crippen LogP contribution >= 0.6 is 0 Å². The van der Waals surface area contributed by atoms with Crippen molar-refractivity contribution in [3.63, 3.8) is 0 Å². The molecule has 4 rings (SSSR count). The molecule has 1 unspecified atom stereocenters. The zero-order chi connectivity index (χ0) is 20.9. The minimum absolute atomic E-state index is 0.138. The van der Waals surface area contributed by atoms with Gasteiger partial charge in [0, 0.05) is 19.2 Å². The number of anilines is 1. The Morgan fingerprint density at radius 1 is 1.13 bits per heavy atom. The number of benzene rings is 2. The first-order valence-electron chi connectivity index (χ1n) is 9.98. The summed E-state index contributed by atoms with van der Waals surface area (Å²) in [6.07, 6.45) is 0. The number of nitrogens with zero attached hydrogens (tertiary/aromatic N) is 1. The molecular weight excluding hydrogens is 384 g/mol. The molecule has 7 nitrogen and oxygen atoms in total. The third-order valence-corrected chi connectivity index (χ3v) is 5.06. The van der Waals surface area contributed by atoms with Crippen LogP contribution in [0.4, 0.5) is 5.88 Å². The smallest absolute Gasteiger partial charge is 0.258 e. The second-order valence-corrected chi connectivity index (χ2v) is 7.17. The Labute approximate surface area is 174 Å². The monoisotopic (exact) mass is 408 g/mol. The van der Waals surface area contributed by atoms with Crippen LogP contribution in [0.5, 0.6) is 5.75 Å². The summed E-state index contributed by atoms with van der Waals surface area (Å²) in [4.78, 5) is 26.9. The summed E-state index contributed by atoms with van der Waals surface area (Å²) in [5, 5.41) is 3.33. The van der Waals surface area contributed by atoms with Crippen LogP contribution in [-0.2, 0) is 9.53 Å². The number of hydrogen-bond donors (Lipinski definition) is 1. The molecule has 7 heteroatoms. The van der Waals surface area contributed by atoms with Gasteiger partial charge < -0.3 is 24.1 Å². The predicted molar refractivity (Wildman–Crippen MR) is 114 cm³/mol. The maximum Gasteiger partial charge on any atom is 0.258 e. The number of ether oxygens (including phenoxy) is 2. The molecule has 0 bridgehead atoms. The average Bonchev–Trinajstić information content (AvgIpc) is 2.79. The van der Waals surface area contributed by atoms with Gasteiger partial charge in [0.1, 0.15) is 0 Å². The van der Waals surface area contributed by atoms with Crippen LogP contribution in [0.2, 0.25) is 0 Å². The molecule has 30 heavy (non-hydrogen) atoms. The number of amides is 1. The van der Waals surface area contributed by atoms with Crippen molar-refractivity contribution >= 4 is 22.8 Å². The first kappa shape index (κ1) is 20.0. The average molecular weight is 408 g/mol. The molecule has 1 fully saturated rings. The van der Waals surface area contributed by atoms with Crippen molar-refractivity contribution in [3.05, 3.63) is 70.4 Å². The maximum absolute atomic E-state index is 12.6. The molecule has 0 spiro atoms. The zero-order valence-electron chi connectivity index (χ0n) is 16.8. The Hall–Kier alpha value is -3.32. The molecule has 156 valence electrons. The van der Waals surface area contributed by atoms with Crippen LogP contribution in [0.3, 0.4) is 0 Å². The SMILES string of the molecule is CC(NC(=O)COc1cccc2c(=O)cc(N3CCOCC3)oc12)c1ccccc1. The number of fused-ring (bicyclic) bond motifs is 1. The van der Waals surface area contributed by atoms with Gasteiger partial charge in [0.05, 0.1) is 24.6 Å². The van der Waals surface area contributed by atoms with Crippen molar-refractivity contribution in [2.75, 3.05) is 37.8 Å². The van der Waals surface area contributed by atoms with Crippen molar-refractivity contribution < 1.29 is 18.7 Å². The molecule has 0 saturated carbocycles. The standard InChI is InChI=1S/C23H24N2O5/c1-16(17-6-3-2-4-7-17)24-21(27)15-29-20-9-5-8-18-19(26)14-22(30-23(18)20)25-10-12-28-13-11-25/h2-9,14,16H,10-13,15H2,1H3,(H,24,27). The summed E-state index contributed by atoms with van der Waals surface area (Å²) >= 11 is 0. The Balaban J connectivity index is 1.50. The van der Waals surface area contributed by atoms with Crippen LogP contribution < -0.4 is 20.4 Å². The highest BCUT2D eigenvalue weighted by molar-refractivity contribution is 5.84. The molecule has 1 aromatic heterocycles. The van der Waals surface area contributed by atoms with E-state index >= 15 is 0 Å². The van der Waals surface area contributed by atoms with Crippen molar-refractivity contribution in [1.29, 1.82) is 0 Å². The molecule has 2 heterocycles. The van der Waals surface area contributed by atoms with Gasteiger partial charge in [-0.3, -0.25) is 9.59 Å². The topological polar surface area (TPSA) is 81.0 Å². The van der Waals surface area contributed by atoms with E-state index in [0.29, 0.717) is 48.9 Å². The fraction of sp³-hybridized carbons (Fsp3) is 0.304. The molecule has 1 aliphatic rings. The van der Waals surface area contributed by atoms with Crippen molar-refractivity contribution in [3.8, 4) is 5.75 Å². The molecule has 1 amide bonds. The van der Waals surface area contributed by atoms with E-state index in [4.69, 9.17) is 13.9 Å². The molecule has 1 N–H and O–H groups in total. The predicted octanol–water partition coefficient (Wildman–Crippen LogP) is 2.89. The summed E-state index contributed by atoms with van der Waals surface area (Å²) in [7, 11) is 0. The lowest BCUT2D eigenvalue weighted by atomic mass is 10.1. The molecule has 0 radical (unpaired) electrons. The number of morpholine rings is 1.